The number of carbonyl (C=O) groups is 3. The summed E-state index contributed by atoms with van der Waals surface area (Å²) in [5.41, 5.74) is 4.40. The van der Waals surface area contributed by atoms with Gasteiger partial charge in [0.25, 0.3) is 5.91 Å². The molecule has 0 heterocycles. The summed E-state index contributed by atoms with van der Waals surface area (Å²) in [6.07, 6.45) is 0. The fourth-order valence-electron chi connectivity index (χ4n) is 1.20. The Hall–Kier alpha value is -2.40. The van der Waals surface area contributed by atoms with Crippen LogP contribution in [0.5, 0.6) is 0 Å². The summed E-state index contributed by atoms with van der Waals surface area (Å²) in [4.78, 5) is 34.0. The van der Waals surface area contributed by atoms with Crippen molar-refractivity contribution in [3.05, 3.63) is 33.8 Å². The van der Waals surface area contributed by atoms with Gasteiger partial charge in [-0.15, -0.1) is 0 Å². The third kappa shape index (κ3) is 4.07. The second-order valence-electron chi connectivity index (χ2n) is 3.44. The van der Waals surface area contributed by atoms with Crippen LogP contribution in [-0.4, -0.2) is 24.4 Å². The van der Waals surface area contributed by atoms with Crippen LogP contribution in [0.3, 0.4) is 0 Å². The average Bonchev–Trinajstić information content (AvgIpc) is 2.45. The van der Waals surface area contributed by atoms with Gasteiger partial charge in [0.1, 0.15) is 0 Å². The molecule has 0 aliphatic carbocycles. The summed E-state index contributed by atoms with van der Waals surface area (Å²) in [5.74, 6) is -2.86. The minimum Gasteiger partial charge on any atom is -0.459 e. The van der Waals surface area contributed by atoms with Crippen molar-refractivity contribution < 1.29 is 19.1 Å². The van der Waals surface area contributed by atoms with Crippen LogP contribution in [0, 0.1) is 11.3 Å². The molecule has 0 aliphatic heterocycles. The van der Waals surface area contributed by atoms with Crippen molar-refractivity contribution in [2.24, 2.45) is 0 Å². The smallest absolute Gasteiger partial charge is 0.398 e. The fraction of sp³-hybridized carbons (Fsp3) is 0.167. The molecular formula is C12H10BrN3O4. The van der Waals surface area contributed by atoms with Gasteiger partial charge in [-0.2, -0.15) is 5.26 Å². The Morgan fingerprint density at radius 1 is 1.35 bits per heavy atom. The van der Waals surface area contributed by atoms with Crippen molar-refractivity contribution in [3.63, 3.8) is 0 Å². The second kappa shape index (κ2) is 7.25. The minimum absolute atomic E-state index is 0.0516. The van der Waals surface area contributed by atoms with Crippen molar-refractivity contribution in [1.29, 1.82) is 5.26 Å². The highest BCUT2D eigenvalue weighted by atomic mass is 79.9. The SMILES string of the molecule is CCOC(=O)C(=O)NNC(=O)c1cc(C#N)ccc1Br. The number of hydrogen-bond donors (Lipinski definition) is 2. The first-order valence-electron chi connectivity index (χ1n) is 5.46. The highest BCUT2D eigenvalue weighted by Crippen LogP contribution is 2.17. The average molecular weight is 340 g/mol. The highest BCUT2D eigenvalue weighted by molar-refractivity contribution is 9.10. The first-order chi connectivity index (χ1) is 9.49. The summed E-state index contributed by atoms with van der Waals surface area (Å²) >= 11 is 3.15. The summed E-state index contributed by atoms with van der Waals surface area (Å²) < 4.78 is 4.89. The van der Waals surface area contributed by atoms with E-state index in [0.717, 1.165) is 0 Å². The molecule has 20 heavy (non-hydrogen) atoms. The van der Waals surface area contributed by atoms with Crippen molar-refractivity contribution in [2.75, 3.05) is 6.61 Å². The van der Waals surface area contributed by atoms with E-state index in [4.69, 9.17) is 5.26 Å². The molecule has 0 atom stereocenters. The van der Waals surface area contributed by atoms with Gasteiger partial charge in [0, 0.05) is 4.47 Å². The van der Waals surface area contributed by atoms with Crippen LogP contribution in [0.25, 0.3) is 0 Å². The summed E-state index contributed by atoms with van der Waals surface area (Å²) in [6, 6.07) is 6.28. The molecule has 0 spiro atoms. The van der Waals surface area contributed by atoms with E-state index >= 15 is 0 Å². The lowest BCUT2D eigenvalue weighted by Gasteiger charge is -2.08. The number of amides is 2. The van der Waals surface area contributed by atoms with Crippen LogP contribution < -0.4 is 10.9 Å². The zero-order chi connectivity index (χ0) is 15.1. The van der Waals surface area contributed by atoms with Crippen LogP contribution >= 0.6 is 15.9 Å². The predicted molar refractivity (Wildman–Crippen MR) is 71.1 cm³/mol. The van der Waals surface area contributed by atoms with Crippen LogP contribution in [-0.2, 0) is 14.3 Å². The van der Waals surface area contributed by atoms with E-state index in [-0.39, 0.29) is 17.7 Å². The zero-order valence-corrected chi connectivity index (χ0v) is 12.0. The Morgan fingerprint density at radius 3 is 2.65 bits per heavy atom. The standard InChI is InChI=1S/C12H10BrN3O4/c1-2-20-12(19)11(18)16-15-10(17)8-5-7(6-14)3-4-9(8)13/h3-5H,2H2,1H3,(H,15,17)(H,16,18). The number of nitrogens with zero attached hydrogens (tertiary/aromatic N) is 1. The quantitative estimate of drug-likeness (QED) is 0.467. The van der Waals surface area contributed by atoms with E-state index in [9.17, 15) is 14.4 Å². The molecule has 2 amide bonds. The van der Waals surface area contributed by atoms with Gasteiger partial charge in [0.15, 0.2) is 0 Å². The molecule has 0 unspecified atom stereocenters. The number of halogens is 1. The minimum atomic E-state index is -1.10. The molecule has 2 N–H and O–H groups in total. The molecule has 0 aliphatic rings. The van der Waals surface area contributed by atoms with E-state index in [1.165, 1.54) is 18.2 Å². The van der Waals surface area contributed by atoms with E-state index in [2.05, 4.69) is 26.1 Å². The maximum Gasteiger partial charge on any atom is 0.398 e. The Bertz CT molecular complexity index is 595. The van der Waals surface area contributed by atoms with Crippen molar-refractivity contribution in [1.82, 2.24) is 10.9 Å². The van der Waals surface area contributed by atoms with Gasteiger partial charge < -0.3 is 4.74 Å². The first-order valence-corrected chi connectivity index (χ1v) is 6.26. The largest absolute Gasteiger partial charge is 0.459 e. The highest BCUT2D eigenvalue weighted by Gasteiger charge is 2.17. The predicted octanol–water partition coefficient (Wildman–Crippen LogP) is 0.645. The summed E-state index contributed by atoms with van der Waals surface area (Å²) in [6.45, 7) is 1.60. The summed E-state index contributed by atoms with van der Waals surface area (Å²) in [5, 5.41) is 8.76. The monoisotopic (exact) mass is 339 g/mol. The number of rotatable bonds is 2. The molecule has 1 rings (SSSR count). The molecule has 104 valence electrons. The molecule has 0 fully saturated rings. The first kappa shape index (κ1) is 15.7. The van der Waals surface area contributed by atoms with Gasteiger partial charge in [0.05, 0.1) is 23.8 Å². The Labute approximate surface area is 123 Å². The van der Waals surface area contributed by atoms with E-state index in [0.29, 0.717) is 4.47 Å². The zero-order valence-electron chi connectivity index (χ0n) is 10.4. The number of hydrogen-bond acceptors (Lipinski definition) is 5. The molecular weight excluding hydrogens is 330 g/mol. The molecule has 1 aromatic rings. The lowest BCUT2D eigenvalue weighted by molar-refractivity contribution is -0.154. The molecule has 0 bridgehead atoms. The number of esters is 1. The number of ether oxygens (including phenoxy) is 1. The van der Waals surface area contributed by atoms with Crippen LogP contribution in [0.15, 0.2) is 22.7 Å². The molecule has 0 saturated carbocycles. The number of benzene rings is 1. The normalized spacial score (nSPS) is 9.25. The molecule has 0 aromatic heterocycles. The molecule has 7 nitrogen and oxygen atoms in total. The maximum atomic E-state index is 11.8. The molecule has 1 aromatic carbocycles. The maximum absolute atomic E-state index is 11.8. The Balaban J connectivity index is 2.71. The van der Waals surface area contributed by atoms with Gasteiger partial charge in [-0.3, -0.25) is 20.4 Å². The molecule has 8 heteroatoms. The van der Waals surface area contributed by atoms with E-state index in [1.807, 2.05) is 11.5 Å². The second-order valence-corrected chi connectivity index (χ2v) is 4.29. The van der Waals surface area contributed by atoms with E-state index < -0.39 is 17.8 Å². The van der Waals surface area contributed by atoms with Gasteiger partial charge in [-0.05, 0) is 41.1 Å². The van der Waals surface area contributed by atoms with Gasteiger partial charge in [0.2, 0.25) is 0 Å². The van der Waals surface area contributed by atoms with Gasteiger partial charge in [-0.1, -0.05) is 0 Å². The number of hydrazine groups is 1. The third-order valence-corrected chi connectivity index (χ3v) is 2.78. The third-order valence-electron chi connectivity index (χ3n) is 2.09. The fourth-order valence-corrected chi connectivity index (χ4v) is 1.62. The molecule has 0 radical (unpaired) electrons. The van der Waals surface area contributed by atoms with Crippen molar-refractivity contribution in [3.8, 4) is 6.07 Å². The van der Waals surface area contributed by atoms with Crippen molar-refractivity contribution in [2.45, 2.75) is 6.92 Å². The van der Waals surface area contributed by atoms with Gasteiger partial charge >= 0.3 is 11.9 Å². The van der Waals surface area contributed by atoms with Crippen LogP contribution in [0.2, 0.25) is 0 Å². The van der Waals surface area contributed by atoms with Crippen LogP contribution in [0.1, 0.15) is 22.8 Å². The van der Waals surface area contributed by atoms with Crippen molar-refractivity contribution >= 4 is 33.7 Å². The summed E-state index contributed by atoms with van der Waals surface area (Å²) in [7, 11) is 0. The van der Waals surface area contributed by atoms with E-state index in [1.54, 1.807) is 6.92 Å². The topological polar surface area (TPSA) is 108 Å². The number of carbonyl (C=O) groups excluding carboxylic acids is 3. The molecule has 0 saturated heterocycles. The van der Waals surface area contributed by atoms with Crippen LogP contribution in [0.4, 0.5) is 0 Å². The Kier molecular flexibility index (Phi) is 5.68. The lowest BCUT2D eigenvalue weighted by atomic mass is 10.1. The Morgan fingerprint density at radius 2 is 2.05 bits per heavy atom. The number of nitrogens with one attached hydrogen (secondary N) is 2. The number of nitriles is 1. The lowest BCUT2D eigenvalue weighted by Crippen LogP contribution is -2.45. The van der Waals surface area contributed by atoms with Gasteiger partial charge in [-0.25, -0.2) is 4.79 Å².